The van der Waals surface area contributed by atoms with E-state index in [1.807, 2.05) is 0 Å². The quantitative estimate of drug-likeness (QED) is 0.690. The number of esters is 1. The zero-order valence-corrected chi connectivity index (χ0v) is 13.9. The van der Waals surface area contributed by atoms with Crippen LogP contribution in [0.1, 0.15) is 46.0 Å². The van der Waals surface area contributed by atoms with Gasteiger partial charge in [-0.25, -0.2) is 0 Å². The van der Waals surface area contributed by atoms with Crippen molar-refractivity contribution in [2.24, 2.45) is 28.6 Å². The van der Waals surface area contributed by atoms with Gasteiger partial charge < -0.3 is 9.47 Å². The molecule has 1 saturated heterocycles. The van der Waals surface area contributed by atoms with Crippen LogP contribution in [-0.4, -0.2) is 19.7 Å². The molecule has 120 valence electrons. The van der Waals surface area contributed by atoms with E-state index in [-0.39, 0.29) is 16.8 Å². The molecule has 4 rings (SSSR count). The van der Waals surface area contributed by atoms with Crippen molar-refractivity contribution >= 4 is 5.97 Å². The van der Waals surface area contributed by atoms with Gasteiger partial charge in [0.1, 0.15) is 0 Å². The second-order valence-corrected chi connectivity index (χ2v) is 8.06. The largest absolute Gasteiger partial charge is 0.501 e. The van der Waals surface area contributed by atoms with Crippen LogP contribution in [0.25, 0.3) is 0 Å². The molecule has 0 N–H and O–H groups in total. The SMILES string of the molecule is COC1=CC2=CC[C@@H]3[C@H](CC[C@]4(C)C(=O)OC[C@@H]34)[C@@]2(C)CC1. The second kappa shape index (κ2) is 4.62. The van der Waals surface area contributed by atoms with Gasteiger partial charge in [0.05, 0.1) is 24.9 Å². The van der Waals surface area contributed by atoms with Gasteiger partial charge in [-0.2, -0.15) is 0 Å². The number of fused-ring (bicyclic) bond motifs is 5. The summed E-state index contributed by atoms with van der Waals surface area (Å²) in [6, 6.07) is 0. The lowest BCUT2D eigenvalue weighted by molar-refractivity contribution is -0.148. The molecule has 5 atom stereocenters. The predicted molar refractivity (Wildman–Crippen MR) is 83.9 cm³/mol. The highest BCUT2D eigenvalue weighted by molar-refractivity contribution is 5.79. The molecule has 1 heterocycles. The second-order valence-electron chi connectivity index (χ2n) is 8.06. The third-order valence-electron chi connectivity index (χ3n) is 7.24. The molecule has 0 amide bonds. The van der Waals surface area contributed by atoms with E-state index in [1.165, 1.54) is 5.57 Å². The summed E-state index contributed by atoms with van der Waals surface area (Å²) in [5.41, 5.74) is 1.48. The van der Waals surface area contributed by atoms with E-state index >= 15 is 0 Å². The fraction of sp³-hybridized carbons (Fsp3) is 0.737. The van der Waals surface area contributed by atoms with Crippen molar-refractivity contribution in [2.75, 3.05) is 13.7 Å². The Balaban J connectivity index is 1.71. The van der Waals surface area contributed by atoms with Crippen molar-refractivity contribution in [2.45, 2.75) is 46.0 Å². The van der Waals surface area contributed by atoms with Crippen molar-refractivity contribution in [3.8, 4) is 0 Å². The first-order valence-electron chi connectivity index (χ1n) is 8.61. The van der Waals surface area contributed by atoms with Gasteiger partial charge in [0.2, 0.25) is 0 Å². The summed E-state index contributed by atoms with van der Waals surface area (Å²) in [7, 11) is 1.77. The molecule has 3 aliphatic carbocycles. The molecule has 22 heavy (non-hydrogen) atoms. The third kappa shape index (κ3) is 1.71. The van der Waals surface area contributed by atoms with Crippen molar-refractivity contribution in [1.29, 1.82) is 0 Å². The maximum Gasteiger partial charge on any atom is 0.312 e. The van der Waals surface area contributed by atoms with Gasteiger partial charge in [-0.1, -0.05) is 13.0 Å². The molecule has 1 saturated carbocycles. The summed E-state index contributed by atoms with van der Waals surface area (Å²) in [6.07, 6.45) is 10.1. The monoisotopic (exact) mass is 302 g/mol. The van der Waals surface area contributed by atoms with Crippen LogP contribution >= 0.6 is 0 Å². The molecule has 0 aromatic rings. The predicted octanol–water partition coefficient (Wildman–Crippen LogP) is 3.85. The molecule has 3 nitrogen and oxygen atoms in total. The van der Waals surface area contributed by atoms with Gasteiger partial charge in [0, 0.05) is 12.3 Å². The molecule has 0 bridgehead atoms. The van der Waals surface area contributed by atoms with E-state index in [4.69, 9.17) is 9.47 Å². The Morgan fingerprint density at radius 2 is 2.05 bits per heavy atom. The lowest BCUT2D eigenvalue weighted by Crippen LogP contribution is -2.49. The molecule has 1 aliphatic heterocycles. The lowest BCUT2D eigenvalue weighted by Gasteiger charge is -2.54. The standard InChI is InChI=1S/C19H26O3/c1-18-8-6-13(21-3)10-12(18)4-5-14-15(18)7-9-19(2)16(14)11-22-17(19)20/h4,10,14-16H,5-9,11H2,1-3H3/t14-,15+,16+,18+,19+/m1/s1. The topological polar surface area (TPSA) is 35.5 Å². The van der Waals surface area contributed by atoms with E-state index in [9.17, 15) is 4.79 Å². The first-order valence-corrected chi connectivity index (χ1v) is 8.61. The fourth-order valence-corrected chi connectivity index (χ4v) is 5.67. The number of methoxy groups -OCH3 is 1. The van der Waals surface area contributed by atoms with E-state index in [1.54, 1.807) is 7.11 Å². The molecule has 0 unspecified atom stereocenters. The summed E-state index contributed by atoms with van der Waals surface area (Å²) in [4.78, 5) is 12.2. The molecule has 0 aromatic carbocycles. The van der Waals surface area contributed by atoms with Gasteiger partial charge in [-0.05, 0) is 61.5 Å². The molecule has 0 radical (unpaired) electrons. The molecular weight excluding hydrogens is 276 g/mol. The van der Waals surface area contributed by atoms with Crippen LogP contribution in [0.3, 0.4) is 0 Å². The van der Waals surface area contributed by atoms with Crippen LogP contribution in [0.2, 0.25) is 0 Å². The summed E-state index contributed by atoms with van der Waals surface area (Å²) in [6.45, 7) is 5.20. The molecule has 0 spiro atoms. The number of hydrogen-bond donors (Lipinski definition) is 0. The Labute approximate surface area is 132 Å². The Kier molecular flexibility index (Phi) is 3.02. The molecule has 2 fully saturated rings. The van der Waals surface area contributed by atoms with Gasteiger partial charge in [-0.3, -0.25) is 4.79 Å². The Morgan fingerprint density at radius 3 is 2.82 bits per heavy atom. The number of allylic oxidation sites excluding steroid dienone is 4. The highest BCUT2D eigenvalue weighted by atomic mass is 16.5. The van der Waals surface area contributed by atoms with Gasteiger partial charge in [0.25, 0.3) is 0 Å². The summed E-state index contributed by atoms with van der Waals surface area (Å²) in [5.74, 6) is 2.83. The number of cyclic esters (lactones) is 1. The summed E-state index contributed by atoms with van der Waals surface area (Å²) in [5, 5.41) is 0. The van der Waals surface area contributed by atoms with Crippen LogP contribution in [0, 0.1) is 28.6 Å². The molecule has 4 aliphatic rings. The summed E-state index contributed by atoms with van der Waals surface area (Å²) >= 11 is 0. The third-order valence-corrected chi connectivity index (χ3v) is 7.24. The van der Waals surface area contributed by atoms with Crippen molar-refractivity contribution < 1.29 is 14.3 Å². The minimum absolute atomic E-state index is 0.0427. The maximum absolute atomic E-state index is 12.2. The van der Waals surface area contributed by atoms with Crippen LogP contribution in [0.4, 0.5) is 0 Å². The van der Waals surface area contributed by atoms with Gasteiger partial charge >= 0.3 is 5.97 Å². The van der Waals surface area contributed by atoms with Gasteiger partial charge in [0.15, 0.2) is 0 Å². The Bertz CT molecular complexity index is 575. The number of carbonyl (C=O) groups is 1. The van der Waals surface area contributed by atoms with Crippen LogP contribution in [0.15, 0.2) is 23.5 Å². The average Bonchev–Trinajstić information content (AvgIpc) is 2.82. The molecular formula is C19H26O3. The zero-order valence-electron chi connectivity index (χ0n) is 13.9. The Morgan fingerprint density at radius 1 is 1.23 bits per heavy atom. The first kappa shape index (κ1) is 14.3. The Hall–Kier alpha value is -1.25. The van der Waals surface area contributed by atoms with E-state index in [2.05, 4.69) is 26.0 Å². The van der Waals surface area contributed by atoms with Crippen molar-refractivity contribution in [1.82, 2.24) is 0 Å². The van der Waals surface area contributed by atoms with E-state index < -0.39 is 0 Å². The molecule has 0 aromatic heterocycles. The zero-order chi connectivity index (χ0) is 15.5. The van der Waals surface area contributed by atoms with Crippen LogP contribution in [-0.2, 0) is 14.3 Å². The maximum atomic E-state index is 12.2. The first-order chi connectivity index (χ1) is 10.5. The van der Waals surface area contributed by atoms with Crippen LogP contribution in [0.5, 0.6) is 0 Å². The van der Waals surface area contributed by atoms with E-state index in [0.717, 1.165) is 37.9 Å². The highest BCUT2D eigenvalue weighted by Gasteiger charge is 2.59. The van der Waals surface area contributed by atoms with Crippen molar-refractivity contribution in [3.63, 3.8) is 0 Å². The number of carbonyl (C=O) groups excluding carboxylic acids is 1. The summed E-state index contributed by atoms with van der Waals surface area (Å²) < 4.78 is 10.9. The van der Waals surface area contributed by atoms with Crippen LogP contribution < -0.4 is 0 Å². The number of ether oxygens (including phenoxy) is 2. The van der Waals surface area contributed by atoms with Gasteiger partial charge in [-0.15, -0.1) is 0 Å². The minimum Gasteiger partial charge on any atom is -0.501 e. The fourth-order valence-electron chi connectivity index (χ4n) is 5.67. The lowest BCUT2D eigenvalue weighted by atomic mass is 9.49. The van der Waals surface area contributed by atoms with Crippen molar-refractivity contribution in [3.05, 3.63) is 23.5 Å². The average molecular weight is 302 g/mol. The minimum atomic E-state index is -0.231. The number of hydrogen-bond acceptors (Lipinski definition) is 3. The number of rotatable bonds is 1. The molecule has 3 heteroatoms. The highest BCUT2D eigenvalue weighted by Crippen LogP contribution is 2.62. The normalized spacial score (nSPS) is 46.7. The smallest absolute Gasteiger partial charge is 0.312 e. The van der Waals surface area contributed by atoms with E-state index in [0.29, 0.717) is 24.4 Å².